The van der Waals surface area contributed by atoms with E-state index in [0.29, 0.717) is 17.5 Å². The number of nitrogens with one attached hydrogen (secondary N) is 2. The van der Waals surface area contributed by atoms with Gasteiger partial charge in [0.2, 0.25) is 0 Å². The molecule has 2 atom stereocenters. The SMILES string of the molecule is CCNC(=NCC1CCCN(C(C)C)C1)NC(C)c1ccc(C)c(F)c1. The van der Waals surface area contributed by atoms with E-state index >= 15 is 0 Å². The molecule has 4 nitrogen and oxygen atoms in total. The molecule has 5 heteroatoms. The van der Waals surface area contributed by atoms with Gasteiger partial charge in [-0.2, -0.15) is 0 Å². The number of hydrogen-bond acceptors (Lipinski definition) is 2. The van der Waals surface area contributed by atoms with Crippen molar-refractivity contribution in [1.29, 1.82) is 0 Å². The number of guanidine groups is 1. The Morgan fingerprint density at radius 2 is 2.12 bits per heavy atom. The lowest BCUT2D eigenvalue weighted by Gasteiger charge is -2.35. The Balaban J connectivity index is 1.98. The van der Waals surface area contributed by atoms with Crippen LogP contribution in [0.15, 0.2) is 23.2 Å². The first kappa shape index (κ1) is 20.7. The van der Waals surface area contributed by atoms with E-state index in [-0.39, 0.29) is 11.9 Å². The van der Waals surface area contributed by atoms with Gasteiger partial charge in [-0.3, -0.25) is 4.99 Å². The second-order valence-electron chi connectivity index (χ2n) is 7.69. The Labute approximate surface area is 158 Å². The number of aryl methyl sites for hydroxylation is 1. The summed E-state index contributed by atoms with van der Waals surface area (Å²) in [5.74, 6) is 1.26. The van der Waals surface area contributed by atoms with Crippen molar-refractivity contribution in [3.63, 3.8) is 0 Å². The van der Waals surface area contributed by atoms with E-state index in [2.05, 4.69) is 36.3 Å². The number of hydrogen-bond donors (Lipinski definition) is 2. The van der Waals surface area contributed by atoms with Crippen LogP contribution in [0.4, 0.5) is 4.39 Å². The third-order valence-electron chi connectivity index (χ3n) is 5.18. The van der Waals surface area contributed by atoms with Crippen molar-refractivity contribution in [2.45, 2.75) is 59.5 Å². The van der Waals surface area contributed by atoms with Crippen molar-refractivity contribution in [3.05, 3.63) is 35.1 Å². The number of rotatable bonds is 6. The molecule has 1 saturated heterocycles. The van der Waals surface area contributed by atoms with Gasteiger partial charge < -0.3 is 15.5 Å². The molecule has 0 bridgehead atoms. The Morgan fingerprint density at radius 1 is 1.35 bits per heavy atom. The largest absolute Gasteiger partial charge is 0.357 e. The Morgan fingerprint density at radius 3 is 2.77 bits per heavy atom. The average molecular weight is 363 g/mol. The van der Waals surface area contributed by atoms with Crippen LogP contribution in [0.1, 0.15) is 57.7 Å². The van der Waals surface area contributed by atoms with Crippen LogP contribution in [-0.4, -0.2) is 43.1 Å². The standard InChI is InChI=1S/C21H35FN4/c1-6-23-21(24-13-18-8-7-11-26(14-18)15(2)3)25-17(5)19-10-9-16(4)20(22)12-19/h9-10,12,15,17-18H,6-8,11,13-14H2,1-5H3,(H2,23,24,25). The van der Waals surface area contributed by atoms with Crippen LogP contribution in [0.5, 0.6) is 0 Å². The van der Waals surface area contributed by atoms with E-state index < -0.39 is 0 Å². The first-order valence-electron chi connectivity index (χ1n) is 9.95. The predicted molar refractivity (Wildman–Crippen MR) is 108 cm³/mol. The van der Waals surface area contributed by atoms with E-state index in [4.69, 9.17) is 4.99 Å². The average Bonchev–Trinajstić information content (AvgIpc) is 2.62. The highest BCUT2D eigenvalue weighted by Gasteiger charge is 2.21. The quantitative estimate of drug-likeness (QED) is 0.596. The molecule has 0 spiro atoms. The van der Waals surface area contributed by atoms with Crippen molar-refractivity contribution in [1.82, 2.24) is 15.5 Å². The minimum Gasteiger partial charge on any atom is -0.357 e. The Bertz CT molecular complexity index is 600. The summed E-state index contributed by atoms with van der Waals surface area (Å²) >= 11 is 0. The fourth-order valence-corrected chi connectivity index (χ4v) is 3.42. The molecule has 2 rings (SSSR count). The molecule has 1 aliphatic rings. The monoisotopic (exact) mass is 362 g/mol. The molecular formula is C21H35FN4. The highest BCUT2D eigenvalue weighted by atomic mass is 19.1. The number of benzene rings is 1. The minimum atomic E-state index is -0.158. The minimum absolute atomic E-state index is 0.00131. The first-order chi connectivity index (χ1) is 12.4. The molecular weight excluding hydrogens is 327 g/mol. The van der Waals surface area contributed by atoms with Gasteiger partial charge in [0.1, 0.15) is 5.82 Å². The number of nitrogens with zero attached hydrogens (tertiary/aromatic N) is 2. The first-order valence-corrected chi connectivity index (χ1v) is 9.95. The summed E-state index contributed by atoms with van der Waals surface area (Å²) in [6.45, 7) is 14.4. The van der Waals surface area contributed by atoms with Crippen LogP contribution in [0.2, 0.25) is 0 Å². The zero-order chi connectivity index (χ0) is 19.1. The summed E-state index contributed by atoms with van der Waals surface area (Å²) in [5.41, 5.74) is 1.61. The number of halogens is 1. The predicted octanol–water partition coefficient (Wildman–Crippen LogP) is 3.87. The van der Waals surface area contributed by atoms with Crippen molar-refractivity contribution in [2.24, 2.45) is 10.9 Å². The van der Waals surface area contributed by atoms with E-state index in [1.165, 1.54) is 19.4 Å². The van der Waals surface area contributed by atoms with Crippen LogP contribution >= 0.6 is 0 Å². The van der Waals surface area contributed by atoms with Crippen molar-refractivity contribution in [3.8, 4) is 0 Å². The van der Waals surface area contributed by atoms with Gasteiger partial charge in [0.25, 0.3) is 0 Å². The molecule has 0 aromatic heterocycles. The van der Waals surface area contributed by atoms with E-state index in [1.807, 2.05) is 19.1 Å². The van der Waals surface area contributed by atoms with Gasteiger partial charge in [0.05, 0.1) is 6.04 Å². The maximum absolute atomic E-state index is 13.8. The lowest BCUT2D eigenvalue weighted by atomic mass is 9.97. The van der Waals surface area contributed by atoms with Gasteiger partial charge in [-0.1, -0.05) is 12.1 Å². The van der Waals surface area contributed by atoms with Gasteiger partial charge in [0, 0.05) is 25.7 Å². The molecule has 1 aliphatic heterocycles. The van der Waals surface area contributed by atoms with Crippen molar-refractivity contribution < 1.29 is 4.39 Å². The lowest BCUT2D eigenvalue weighted by Crippen LogP contribution is -2.42. The van der Waals surface area contributed by atoms with Crippen LogP contribution < -0.4 is 10.6 Å². The second kappa shape index (κ2) is 9.91. The van der Waals surface area contributed by atoms with Crippen LogP contribution in [0.3, 0.4) is 0 Å². The molecule has 0 saturated carbocycles. The fraction of sp³-hybridized carbons (Fsp3) is 0.667. The van der Waals surface area contributed by atoms with Crippen molar-refractivity contribution in [2.75, 3.05) is 26.2 Å². The maximum atomic E-state index is 13.8. The molecule has 26 heavy (non-hydrogen) atoms. The molecule has 2 unspecified atom stereocenters. The van der Waals surface area contributed by atoms with Gasteiger partial charge >= 0.3 is 0 Å². The molecule has 2 N–H and O–H groups in total. The normalized spacial score (nSPS) is 20.3. The van der Waals surface area contributed by atoms with Crippen LogP contribution in [0.25, 0.3) is 0 Å². The molecule has 1 fully saturated rings. The summed E-state index contributed by atoms with van der Waals surface area (Å²) < 4.78 is 13.8. The molecule has 1 aromatic carbocycles. The summed E-state index contributed by atoms with van der Waals surface area (Å²) in [6.07, 6.45) is 2.49. The number of likely N-dealkylation sites (tertiary alicyclic amines) is 1. The topological polar surface area (TPSA) is 39.7 Å². The summed E-state index contributed by atoms with van der Waals surface area (Å²) in [7, 11) is 0. The molecule has 0 aliphatic carbocycles. The summed E-state index contributed by atoms with van der Waals surface area (Å²) in [5, 5.41) is 6.73. The Hall–Kier alpha value is -1.62. The fourth-order valence-electron chi connectivity index (χ4n) is 3.42. The second-order valence-corrected chi connectivity index (χ2v) is 7.69. The summed E-state index contributed by atoms with van der Waals surface area (Å²) in [6, 6.07) is 6.01. The van der Waals surface area contributed by atoms with Crippen molar-refractivity contribution >= 4 is 5.96 Å². The molecule has 146 valence electrons. The molecule has 0 amide bonds. The van der Waals surface area contributed by atoms with E-state index in [1.54, 1.807) is 13.0 Å². The molecule has 0 radical (unpaired) electrons. The third kappa shape index (κ3) is 5.97. The van der Waals surface area contributed by atoms with Gasteiger partial charge in [0.15, 0.2) is 5.96 Å². The highest BCUT2D eigenvalue weighted by Crippen LogP contribution is 2.19. The molecule has 1 heterocycles. The maximum Gasteiger partial charge on any atom is 0.191 e. The molecule has 1 aromatic rings. The van der Waals surface area contributed by atoms with E-state index in [0.717, 1.165) is 31.2 Å². The van der Waals surface area contributed by atoms with Crippen LogP contribution in [-0.2, 0) is 0 Å². The van der Waals surface area contributed by atoms with E-state index in [9.17, 15) is 4.39 Å². The zero-order valence-corrected chi connectivity index (χ0v) is 17.0. The smallest absolute Gasteiger partial charge is 0.191 e. The number of piperidine rings is 1. The van der Waals surface area contributed by atoms with Gasteiger partial charge in [-0.25, -0.2) is 4.39 Å². The number of aliphatic imine (C=N–C) groups is 1. The summed E-state index contributed by atoms with van der Waals surface area (Å²) in [4.78, 5) is 7.35. The lowest BCUT2D eigenvalue weighted by molar-refractivity contribution is 0.143. The third-order valence-corrected chi connectivity index (χ3v) is 5.18. The zero-order valence-electron chi connectivity index (χ0n) is 17.0. The van der Waals surface area contributed by atoms with Crippen LogP contribution in [0, 0.1) is 18.7 Å². The highest BCUT2D eigenvalue weighted by molar-refractivity contribution is 5.80. The van der Waals surface area contributed by atoms with Gasteiger partial charge in [-0.05, 0) is 77.1 Å². The van der Waals surface area contributed by atoms with Gasteiger partial charge in [-0.15, -0.1) is 0 Å². The Kier molecular flexibility index (Phi) is 7.88.